The normalized spacial score (nSPS) is 18.6. The molecule has 1 fully saturated rings. The summed E-state index contributed by atoms with van der Waals surface area (Å²) in [6, 6.07) is 3.09. The highest BCUT2D eigenvalue weighted by Crippen LogP contribution is 2.48. The summed E-state index contributed by atoms with van der Waals surface area (Å²) in [6.07, 6.45) is 7.31. The van der Waals surface area contributed by atoms with Gasteiger partial charge in [-0.05, 0) is 25.0 Å². The van der Waals surface area contributed by atoms with Crippen molar-refractivity contribution in [1.82, 2.24) is 10.6 Å². The molecule has 4 rings (SSSR count). The molecule has 1 spiro atoms. The van der Waals surface area contributed by atoms with Crippen LogP contribution < -0.4 is 21.7 Å². The van der Waals surface area contributed by atoms with Crippen LogP contribution in [0.5, 0.6) is 0 Å². The number of amides is 3. The van der Waals surface area contributed by atoms with Gasteiger partial charge in [-0.3, -0.25) is 4.79 Å². The summed E-state index contributed by atoms with van der Waals surface area (Å²) < 4.78 is 5.91. The molecule has 26 heavy (non-hydrogen) atoms. The van der Waals surface area contributed by atoms with Crippen molar-refractivity contribution in [2.75, 3.05) is 5.32 Å². The van der Waals surface area contributed by atoms with Crippen LogP contribution in [0.25, 0.3) is 11.0 Å². The van der Waals surface area contributed by atoms with Gasteiger partial charge >= 0.3 is 6.03 Å². The van der Waals surface area contributed by atoms with Gasteiger partial charge in [0, 0.05) is 23.3 Å². The van der Waals surface area contributed by atoms with Gasteiger partial charge in [0.05, 0.1) is 16.2 Å². The van der Waals surface area contributed by atoms with E-state index < -0.39 is 11.4 Å². The number of nitrogens with two attached hydrogens (primary N) is 1. The Bertz CT molecular complexity index is 928. The minimum atomic E-state index is -0.526. The third-order valence-electron chi connectivity index (χ3n) is 5.07. The van der Waals surface area contributed by atoms with Crippen LogP contribution >= 0.6 is 11.6 Å². The Hall–Kier alpha value is -2.67. The van der Waals surface area contributed by atoms with Crippen LogP contribution in [0, 0.1) is 0 Å². The number of fused-ring (bicyclic) bond motifs is 4. The Balaban J connectivity index is 1.91. The summed E-state index contributed by atoms with van der Waals surface area (Å²) in [7, 11) is 0. The molecule has 0 unspecified atom stereocenters. The molecule has 1 saturated carbocycles. The van der Waals surface area contributed by atoms with Gasteiger partial charge < -0.3 is 26.1 Å². The fraction of sp³-hybridized carbons (Fsp3) is 0.333. The number of halogens is 1. The molecule has 1 aromatic carbocycles. The lowest BCUT2D eigenvalue weighted by molar-refractivity contribution is 0.0944. The fourth-order valence-corrected chi connectivity index (χ4v) is 4.25. The maximum absolute atomic E-state index is 12.2. The van der Waals surface area contributed by atoms with Crippen molar-refractivity contribution in [1.29, 1.82) is 0 Å². The van der Waals surface area contributed by atoms with Crippen molar-refractivity contribution < 1.29 is 14.0 Å². The van der Waals surface area contributed by atoms with Crippen molar-refractivity contribution in [2.24, 2.45) is 5.73 Å². The van der Waals surface area contributed by atoms with Crippen LogP contribution in [0.4, 0.5) is 10.5 Å². The van der Waals surface area contributed by atoms with E-state index in [0.29, 0.717) is 16.3 Å². The van der Waals surface area contributed by atoms with Crippen molar-refractivity contribution >= 4 is 40.2 Å². The van der Waals surface area contributed by atoms with E-state index in [1.807, 2.05) is 0 Å². The molecule has 1 aromatic heterocycles. The van der Waals surface area contributed by atoms with Crippen molar-refractivity contribution in [2.45, 2.75) is 37.6 Å². The highest BCUT2D eigenvalue weighted by atomic mass is 35.5. The number of furan rings is 1. The molecule has 0 radical (unpaired) electrons. The lowest BCUT2D eigenvalue weighted by Gasteiger charge is -2.42. The SMILES string of the molecule is N/C=C\NC(=O)c1cc2cc(Cl)c3c(c2o1)C1(CCCCC1)NC(=O)N3. The van der Waals surface area contributed by atoms with Gasteiger partial charge in [-0.15, -0.1) is 0 Å². The van der Waals surface area contributed by atoms with Crippen LogP contribution in [-0.2, 0) is 5.54 Å². The number of hydrogen-bond acceptors (Lipinski definition) is 4. The second-order valence-electron chi connectivity index (χ2n) is 6.69. The molecule has 1 aliphatic carbocycles. The predicted octanol–water partition coefficient (Wildman–Crippen LogP) is 3.54. The molecule has 8 heteroatoms. The maximum Gasteiger partial charge on any atom is 0.319 e. The summed E-state index contributed by atoms with van der Waals surface area (Å²) in [6.45, 7) is 0. The van der Waals surface area contributed by atoms with E-state index in [9.17, 15) is 9.59 Å². The summed E-state index contributed by atoms with van der Waals surface area (Å²) in [5.41, 5.74) is 6.69. The highest BCUT2D eigenvalue weighted by Gasteiger charge is 2.43. The Kier molecular flexibility index (Phi) is 4.03. The lowest BCUT2D eigenvalue weighted by atomic mass is 9.74. The third-order valence-corrected chi connectivity index (χ3v) is 5.37. The zero-order valence-corrected chi connectivity index (χ0v) is 14.8. The van der Waals surface area contributed by atoms with Crippen LogP contribution in [0.3, 0.4) is 0 Å². The van der Waals surface area contributed by atoms with Crippen molar-refractivity contribution in [3.8, 4) is 0 Å². The molecule has 5 N–H and O–H groups in total. The van der Waals surface area contributed by atoms with Crippen molar-refractivity contribution in [3.63, 3.8) is 0 Å². The summed E-state index contributed by atoms with van der Waals surface area (Å²) in [5.74, 6) is -0.247. The molecular formula is C18H19ClN4O3. The van der Waals surface area contributed by atoms with Crippen LogP contribution in [0.2, 0.25) is 5.02 Å². The van der Waals surface area contributed by atoms with E-state index in [0.717, 1.165) is 43.1 Å². The first kappa shape index (κ1) is 16.8. The molecule has 7 nitrogen and oxygen atoms in total. The number of benzene rings is 1. The second kappa shape index (κ2) is 6.25. The van der Waals surface area contributed by atoms with Gasteiger partial charge in [-0.2, -0.15) is 0 Å². The zero-order valence-electron chi connectivity index (χ0n) is 14.0. The first-order valence-corrected chi connectivity index (χ1v) is 8.95. The fourth-order valence-electron chi connectivity index (χ4n) is 3.99. The van der Waals surface area contributed by atoms with Crippen LogP contribution in [-0.4, -0.2) is 11.9 Å². The van der Waals surface area contributed by atoms with Gasteiger partial charge in [0.15, 0.2) is 5.76 Å². The number of carbonyl (C=O) groups excluding carboxylic acids is 2. The molecular weight excluding hydrogens is 356 g/mol. The van der Waals surface area contributed by atoms with Crippen LogP contribution in [0.15, 0.2) is 28.9 Å². The number of carbonyl (C=O) groups is 2. The Morgan fingerprint density at radius 2 is 2.08 bits per heavy atom. The molecule has 1 aliphatic heterocycles. The third kappa shape index (κ3) is 2.59. The first-order valence-electron chi connectivity index (χ1n) is 8.57. The Labute approximate surface area is 154 Å². The number of rotatable bonds is 2. The molecule has 0 bridgehead atoms. The van der Waals surface area contributed by atoms with E-state index >= 15 is 0 Å². The van der Waals surface area contributed by atoms with Gasteiger partial charge in [-0.25, -0.2) is 4.79 Å². The van der Waals surface area contributed by atoms with Crippen LogP contribution in [0.1, 0.15) is 48.2 Å². The molecule has 2 heterocycles. The van der Waals surface area contributed by atoms with E-state index in [-0.39, 0.29) is 11.8 Å². The van der Waals surface area contributed by atoms with Crippen molar-refractivity contribution in [3.05, 3.63) is 40.9 Å². The van der Waals surface area contributed by atoms with Gasteiger partial charge in [0.25, 0.3) is 5.91 Å². The topological polar surface area (TPSA) is 109 Å². The highest BCUT2D eigenvalue weighted by molar-refractivity contribution is 6.35. The summed E-state index contributed by atoms with van der Waals surface area (Å²) in [5, 5.41) is 9.56. The molecule has 2 aliphatic rings. The average molecular weight is 375 g/mol. The molecule has 0 saturated heterocycles. The average Bonchev–Trinajstić information content (AvgIpc) is 3.03. The molecule has 2 aromatic rings. The molecule has 136 valence electrons. The van der Waals surface area contributed by atoms with Gasteiger partial charge in [0.2, 0.25) is 0 Å². The number of nitrogens with one attached hydrogen (secondary N) is 3. The second-order valence-corrected chi connectivity index (χ2v) is 7.10. The minimum Gasteiger partial charge on any atom is -0.450 e. The Morgan fingerprint density at radius 1 is 1.31 bits per heavy atom. The standard InChI is InChI=1S/C18H19ClN4O3/c19-11-8-10-9-12(16(24)21-7-6-20)26-15(10)13-14(11)22-17(25)23-18(13)4-2-1-3-5-18/h6-9H,1-5,20H2,(H,21,24)(H2,22,23,25)/b7-6-. The lowest BCUT2D eigenvalue weighted by Crippen LogP contribution is -2.52. The van der Waals surface area contributed by atoms with E-state index in [2.05, 4.69) is 16.0 Å². The van der Waals surface area contributed by atoms with E-state index in [1.165, 1.54) is 12.4 Å². The number of urea groups is 1. The largest absolute Gasteiger partial charge is 0.450 e. The molecule has 0 atom stereocenters. The minimum absolute atomic E-state index is 0.158. The summed E-state index contributed by atoms with van der Waals surface area (Å²) in [4.78, 5) is 24.4. The molecule has 3 amide bonds. The smallest absolute Gasteiger partial charge is 0.319 e. The quantitative estimate of drug-likeness (QED) is 0.644. The first-order chi connectivity index (χ1) is 12.5. The summed E-state index contributed by atoms with van der Waals surface area (Å²) >= 11 is 6.45. The monoisotopic (exact) mass is 374 g/mol. The Morgan fingerprint density at radius 3 is 2.81 bits per heavy atom. The predicted molar refractivity (Wildman–Crippen MR) is 98.9 cm³/mol. The van der Waals surface area contributed by atoms with E-state index in [1.54, 1.807) is 12.1 Å². The van der Waals surface area contributed by atoms with Gasteiger partial charge in [-0.1, -0.05) is 30.9 Å². The number of anilines is 1. The maximum atomic E-state index is 12.2. The number of hydrogen-bond donors (Lipinski definition) is 4. The van der Waals surface area contributed by atoms with E-state index in [4.69, 9.17) is 21.8 Å². The zero-order chi connectivity index (χ0) is 18.3. The van der Waals surface area contributed by atoms with Gasteiger partial charge in [0.1, 0.15) is 5.58 Å².